The summed E-state index contributed by atoms with van der Waals surface area (Å²) in [5.74, 6) is -0.201. The Kier molecular flexibility index (Phi) is 7.14. The normalized spacial score (nSPS) is 16.6. The van der Waals surface area contributed by atoms with E-state index in [1.165, 1.54) is 38.2 Å². The zero-order chi connectivity index (χ0) is 15.1. The average molecular weight is 357 g/mol. The summed E-state index contributed by atoms with van der Waals surface area (Å²) in [5.41, 5.74) is 1.11. The largest absolute Gasteiger partial charge is 0.313 e. The molecule has 1 fully saturated rings. The Labute approximate surface area is 136 Å². The van der Waals surface area contributed by atoms with Gasteiger partial charge >= 0.3 is 0 Å². The number of nitrogens with zero attached hydrogens (tertiary/aromatic N) is 1. The maximum Gasteiger partial charge on any atom is 0.137 e. The van der Waals surface area contributed by atoms with Crippen LogP contribution in [0.5, 0.6) is 0 Å². The molecular weight excluding hydrogens is 331 g/mol. The van der Waals surface area contributed by atoms with E-state index in [4.69, 9.17) is 0 Å². The number of halogens is 2. The van der Waals surface area contributed by atoms with Gasteiger partial charge in [0.2, 0.25) is 0 Å². The Hall–Kier alpha value is -0.450. The summed E-state index contributed by atoms with van der Waals surface area (Å²) in [5, 5.41) is 3.44. The van der Waals surface area contributed by atoms with Crippen molar-refractivity contribution in [2.75, 3.05) is 20.1 Å². The van der Waals surface area contributed by atoms with Gasteiger partial charge in [-0.2, -0.15) is 0 Å². The van der Waals surface area contributed by atoms with Crippen molar-refractivity contribution in [1.82, 2.24) is 10.2 Å². The van der Waals surface area contributed by atoms with Crippen molar-refractivity contribution in [2.45, 2.75) is 51.1 Å². The molecule has 0 radical (unpaired) electrons. The zero-order valence-electron chi connectivity index (χ0n) is 12.9. The first kappa shape index (κ1) is 16.9. The molecule has 1 aliphatic carbocycles. The van der Waals surface area contributed by atoms with Crippen LogP contribution in [0.3, 0.4) is 0 Å². The highest BCUT2D eigenvalue weighted by molar-refractivity contribution is 9.10. The first-order valence-corrected chi connectivity index (χ1v) is 8.81. The molecule has 4 heteroatoms. The number of nitrogens with one attached hydrogen (secondary N) is 1. The predicted molar refractivity (Wildman–Crippen MR) is 89.9 cm³/mol. The summed E-state index contributed by atoms with van der Waals surface area (Å²) in [7, 11) is 2.26. The van der Waals surface area contributed by atoms with Crippen LogP contribution in [-0.4, -0.2) is 31.1 Å². The van der Waals surface area contributed by atoms with Crippen molar-refractivity contribution in [3.8, 4) is 0 Å². The third-order valence-electron chi connectivity index (χ3n) is 4.38. The van der Waals surface area contributed by atoms with E-state index in [1.54, 1.807) is 0 Å². The van der Waals surface area contributed by atoms with Gasteiger partial charge in [0.1, 0.15) is 5.82 Å². The molecule has 21 heavy (non-hydrogen) atoms. The van der Waals surface area contributed by atoms with Crippen molar-refractivity contribution < 1.29 is 4.39 Å². The lowest BCUT2D eigenvalue weighted by atomic mass is 9.94. The second kappa shape index (κ2) is 8.86. The highest BCUT2D eigenvalue weighted by atomic mass is 79.9. The van der Waals surface area contributed by atoms with Gasteiger partial charge in [0.05, 0.1) is 4.47 Å². The molecule has 1 aromatic carbocycles. The molecule has 1 aliphatic rings. The zero-order valence-corrected chi connectivity index (χ0v) is 14.5. The molecule has 0 aliphatic heterocycles. The van der Waals surface area contributed by atoms with Crippen LogP contribution in [0.4, 0.5) is 4.39 Å². The smallest absolute Gasteiger partial charge is 0.137 e. The second-order valence-corrected chi connectivity index (χ2v) is 6.91. The molecule has 118 valence electrons. The van der Waals surface area contributed by atoms with Crippen LogP contribution in [0.25, 0.3) is 0 Å². The summed E-state index contributed by atoms with van der Waals surface area (Å²) in [4.78, 5) is 2.52. The molecule has 0 heterocycles. The lowest BCUT2D eigenvalue weighted by Crippen LogP contribution is -2.35. The van der Waals surface area contributed by atoms with E-state index in [2.05, 4.69) is 33.2 Å². The molecule has 0 spiro atoms. The van der Waals surface area contributed by atoms with E-state index in [-0.39, 0.29) is 5.82 Å². The SMILES string of the molecule is CN(CCCNCc1ccc(F)c(Br)c1)C1CCCCC1. The van der Waals surface area contributed by atoms with E-state index >= 15 is 0 Å². The van der Waals surface area contributed by atoms with E-state index in [9.17, 15) is 4.39 Å². The Morgan fingerprint density at radius 3 is 2.76 bits per heavy atom. The third kappa shape index (κ3) is 5.68. The van der Waals surface area contributed by atoms with Gasteiger partial charge in [-0.1, -0.05) is 25.3 Å². The lowest BCUT2D eigenvalue weighted by molar-refractivity contribution is 0.189. The maximum absolute atomic E-state index is 13.1. The van der Waals surface area contributed by atoms with Gasteiger partial charge in [-0.3, -0.25) is 0 Å². The first-order valence-electron chi connectivity index (χ1n) is 8.01. The van der Waals surface area contributed by atoms with Crippen LogP contribution < -0.4 is 5.32 Å². The Morgan fingerprint density at radius 1 is 1.29 bits per heavy atom. The lowest BCUT2D eigenvalue weighted by Gasteiger charge is -2.31. The summed E-state index contributed by atoms with van der Waals surface area (Å²) < 4.78 is 13.7. The summed E-state index contributed by atoms with van der Waals surface area (Å²) in [6.45, 7) is 2.96. The van der Waals surface area contributed by atoms with Gasteiger partial charge < -0.3 is 10.2 Å². The van der Waals surface area contributed by atoms with Crippen LogP contribution in [0, 0.1) is 5.82 Å². The number of hydrogen-bond donors (Lipinski definition) is 1. The minimum Gasteiger partial charge on any atom is -0.313 e. The van der Waals surface area contributed by atoms with Crippen molar-refractivity contribution in [3.05, 3.63) is 34.1 Å². The molecule has 1 aromatic rings. The van der Waals surface area contributed by atoms with Gasteiger partial charge in [-0.15, -0.1) is 0 Å². The molecule has 0 saturated heterocycles. The summed E-state index contributed by atoms with van der Waals surface area (Å²) >= 11 is 3.22. The molecule has 2 nitrogen and oxygen atoms in total. The number of rotatable bonds is 7. The molecule has 0 aromatic heterocycles. The Morgan fingerprint density at radius 2 is 2.05 bits per heavy atom. The molecule has 1 saturated carbocycles. The highest BCUT2D eigenvalue weighted by Gasteiger charge is 2.17. The third-order valence-corrected chi connectivity index (χ3v) is 4.98. The quantitative estimate of drug-likeness (QED) is 0.731. The van der Waals surface area contributed by atoms with Crippen LogP contribution in [-0.2, 0) is 6.54 Å². The Bertz CT molecular complexity index is 433. The standard InChI is InChI=1S/C17H26BrFN2/c1-21(15-6-3-2-4-7-15)11-5-10-20-13-14-8-9-17(19)16(18)12-14/h8-9,12,15,20H,2-7,10-11,13H2,1H3. The minimum absolute atomic E-state index is 0.201. The summed E-state index contributed by atoms with van der Waals surface area (Å²) in [6, 6.07) is 5.99. The minimum atomic E-state index is -0.201. The van der Waals surface area contributed by atoms with E-state index in [0.29, 0.717) is 4.47 Å². The number of benzene rings is 1. The van der Waals surface area contributed by atoms with Gasteiger partial charge in [0, 0.05) is 12.6 Å². The average Bonchev–Trinajstić information content (AvgIpc) is 2.51. The van der Waals surface area contributed by atoms with Gasteiger partial charge in [-0.25, -0.2) is 4.39 Å². The number of hydrogen-bond acceptors (Lipinski definition) is 2. The van der Waals surface area contributed by atoms with Crippen molar-refractivity contribution in [3.63, 3.8) is 0 Å². The fourth-order valence-electron chi connectivity index (χ4n) is 3.04. The van der Waals surface area contributed by atoms with E-state index in [1.807, 2.05) is 12.1 Å². The van der Waals surface area contributed by atoms with Gasteiger partial charge in [0.25, 0.3) is 0 Å². The van der Waals surface area contributed by atoms with Crippen LogP contribution >= 0.6 is 15.9 Å². The molecule has 2 rings (SSSR count). The molecular formula is C17H26BrFN2. The fourth-order valence-corrected chi connectivity index (χ4v) is 3.47. The van der Waals surface area contributed by atoms with E-state index in [0.717, 1.165) is 37.7 Å². The van der Waals surface area contributed by atoms with Gasteiger partial charge in [-0.05, 0) is 73.0 Å². The van der Waals surface area contributed by atoms with Crippen molar-refractivity contribution in [1.29, 1.82) is 0 Å². The van der Waals surface area contributed by atoms with Crippen LogP contribution in [0.2, 0.25) is 0 Å². The summed E-state index contributed by atoms with van der Waals surface area (Å²) in [6.07, 6.45) is 8.11. The van der Waals surface area contributed by atoms with Gasteiger partial charge in [0.15, 0.2) is 0 Å². The maximum atomic E-state index is 13.1. The van der Waals surface area contributed by atoms with Crippen molar-refractivity contribution >= 4 is 15.9 Å². The Balaban J connectivity index is 1.60. The monoisotopic (exact) mass is 356 g/mol. The molecule has 1 N–H and O–H groups in total. The van der Waals surface area contributed by atoms with Crippen LogP contribution in [0.1, 0.15) is 44.1 Å². The molecule has 0 amide bonds. The van der Waals surface area contributed by atoms with Crippen LogP contribution in [0.15, 0.2) is 22.7 Å². The van der Waals surface area contributed by atoms with Crippen molar-refractivity contribution in [2.24, 2.45) is 0 Å². The predicted octanol–water partition coefficient (Wildman–Crippen LogP) is 4.33. The molecule has 0 unspecified atom stereocenters. The first-order chi connectivity index (χ1) is 10.2. The molecule has 0 bridgehead atoms. The fraction of sp³-hybridized carbons (Fsp3) is 0.647. The second-order valence-electron chi connectivity index (χ2n) is 6.05. The topological polar surface area (TPSA) is 15.3 Å². The highest BCUT2D eigenvalue weighted by Crippen LogP contribution is 2.21. The van der Waals surface area contributed by atoms with E-state index < -0.39 is 0 Å². The molecule has 0 atom stereocenters.